The first-order valence-electron chi connectivity index (χ1n) is 10.3. The Hall–Kier alpha value is -3.07. The van der Waals surface area contributed by atoms with Crippen molar-refractivity contribution in [1.29, 1.82) is 0 Å². The second-order valence-corrected chi connectivity index (χ2v) is 10.1. The average Bonchev–Trinajstić information content (AvgIpc) is 3.43. The van der Waals surface area contributed by atoms with E-state index in [1.807, 2.05) is 38.1 Å². The summed E-state index contributed by atoms with van der Waals surface area (Å²) in [7, 11) is 3.05. The van der Waals surface area contributed by atoms with Crippen LogP contribution in [0.1, 0.15) is 40.7 Å². The van der Waals surface area contributed by atoms with Crippen molar-refractivity contribution in [2.75, 3.05) is 21.0 Å². The van der Waals surface area contributed by atoms with E-state index < -0.39 is 10.8 Å². The summed E-state index contributed by atoms with van der Waals surface area (Å²) >= 11 is 1.60. The zero-order valence-electron chi connectivity index (χ0n) is 18.3. The lowest BCUT2D eigenvalue weighted by Crippen LogP contribution is -2.52. The van der Waals surface area contributed by atoms with Crippen molar-refractivity contribution in [3.05, 3.63) is 47.0 Å². The van der Waals surface area contributed by atoms with Gasteiger partial charge in [0, 0.05) is 16.9 Å². The summed E-state index contributed by atoms with van der Waals surface area (Å²) in [5.41, 5.74) is 2.20. The van der Waals surface area contributed by atoms with Gasteiger partial charge in [-0.1, -0.05) is 12.1 Å². The maximum Gasteiger partial charge on any atom is 0.260 e. The van der Waals surface area contributed by atoms with Crippen LogP contribution in [0.2, 0.25) is 0 Å². The first kappa shape index (κ1) is 20.8. The van der Waals surface area contributed by atoms with Crippen molar-refractivity contribution in [1.82, 2.24) is 10.2 Å². The van der Waals surface area contributed by atoms with E-state index in [0.29, 0.717) is 35.1 Å². The van der Waals surface area contributed by atoms with E-state index in [4.69, 9.17) is 18.9 Å². The number of amides is 2. The molecule has 3 aliphatic rings. The normalized spacial score (nSPS) is 21.9. The third kappa shape index (κ3) is 3.06. The molecule has 0 saturated carbocycles. The van der Waals surface area contributed by atoms with Crippen LogP contribution < -0.4 is 24.3 Å². The van der Waals surface area contributed by atoms with Crippen LogP contribution >= 0.6 is 11.8 Å². The molecule has 0 aliphatic carbocycles. The number of nitrogens with zero attached hydrogens (tertiary/aromatic N) is 1. The molecular formula is C23H24N2O6S. The van der Waals surface area contributed by atoms with Gasteiger partial charge in [0.1, 0.15) is 11.4 Å². The molecule has 0 radical (unpaired) electrons. The second-order valence-electron chi connectivity index (χ2n) is 8.36. The molecule has 2 atom stereocenters. The lowest BCUT2D eigenvalue weighted by Gasteiger charge is -2.29. The maximum atomic E-state index is 13.5. The lowest BCUT2D eigenvalue weighted by molar-refractivity contribution is -0.126. The zero-order chi connectivity index (χ0) is 22.6. The van der Waals surface area contributed by atoms with Gasteiger partial charge < -0.3 is 29.2 Å². The molecule has 32 heavy (non-hydrogen) atoms. The van der Waals surface area contributed by atoms with Gasteiger partial charge in [-0.15, -0.1) is 11.8 Å². The first-order valence-corrected chi connectivity index (χ1v) is 11.1. The summed E-state index contributed by atoms with van der Waals surface area (Å²) in [6, 6.07) is 8.62. The average molecular weight is 457 g/mol. The fraction of sp³-hybridized carbons (Fsp3) is 0.391. The smallest absolute Gasteiger partial charge is 0.260 e. The molecule has 1 saturated heterocycles. The van der Waals surface area contributed by atoms with E-state index in [0.717, 1.165) is 11.1 Å². The SMILES string of the molecule is COc1ccc2c(c1OC)C(=O)N1C2SC(C)(C)C1C(=O)NCc1ccc2c(c1)OCO2. The Morgan fingerprint density at radius 2 is 1.97 bits per heavy atom. The monoisotopic (exact) mass is 456 g/mol. The van der Waals surface area contributed by atoms with Crippen LogP contribution in [0.15, 0.2) is 30.3 Å². The van der Waals surface area contributed by atoms with Crippen molar-refractivity contribution in [2.24, 2.45) is 0 Å². The number of carbonyl (C=O) groups is 2. The van der Waals surface area contributed by atoms with Gasteiger partial charge in [-0.2, -0.15) is 0 Å². The van der Waals surface area contributed by atoms with Crippen LogP contribution in [0, 0.1) is 0 Å². The number of benzene rings is 2. The molecular weight excluding hydrogens is 432 g/mol. The number of methoxy groups -OCH3 is 2. The third-order valence-corrected chi connectivity index (χ3v) is 7.58. The maximum absolute atomic E-state index is 13.5. The second kappa shape index (κ2) is 7.51. The zero-order valence-corrected chi connectivity index (χ0v) is 19.1. The molecule has 1 fully saturated rings. The topological polar surface area (TPSA) is 86.3 Å². The Kier molecular flexibility index (Phi) is 4.88. The summed E-state index contributed by atoms with van der Waals surface area (Å²) in [5.74, 6) is 1.84. The molecule has 9 heteroatoms. The highest BCUT2D eigenvalue weighted by Crippen LogP contribution is 2.58. The van der Waals surface area contributed by atoms with Crippen LogP contribution in [0.5, 0.6) is 23.0 Å². The number of hydrogen-bond donors (Lipinski definition) is 1. The van der Waals surface area contributed by atoms with E-state index in [1.54, 1.807) is 22.7 Å². The number of hydrogen-bond acceptors (Lipinski definition) is 7. The predicted octanol–water partition coefficient (Wildman–Crippen LogP) is 3.10. The standard InChI is InChI=1S/C23H24N2O6S/c1-23(2)19(20(26)24-10-12-5-7-14-16(9-12)31-11-30-14)25-21(27)17-13(22(25)32-23)6-8-15(28-3)18(17)29-4/h5-9,19,22H,10-11H2,1-4H3,(H,24,26). The molecule has 0 aromatic heterocycles. The summed E-state index contributed by atoms with van der Waals surface area (Å²) in [6.45, 7) is 4.51. The number of carbonyl (C=O) groups excluding carboxylic acids is 2. The van der Waals surface area contributed by atoms with Crippen molar-refractivity contribution in [3.63, 3.8) is 0 Å². The van der Waals surface area contributed by atoms with Gasteiger partial charge in [-0.05, 0) is 37.6 Å². The summed E-state index contributed by atoms with van der Waals surface area (Å²) in [5, 5.41) is 2.74. The number of nitrogens with one attached hydrogen (secondary N) is 1. The third-order valence-electron chi connectivity index (χ3n) is 6.05. The predicted molar refractivity (Wildman–Crippen MR) is 118 cm³/mol. The number of fused-ring (bicyclic) bond motifs is 4. The van der Waals surface area contributed by atoms with E-state index in [1.165, 1.54) is 14.2 Å². The molecule has 2 aromatic rings. The summed E-state index contributed by atoms with van der Waals surface area (Å²) in [4.78, 5) is 28.5. The van der Waals surface area contributed by atoms with Crippen molar-refractivity contribution >= 4 is 23.6 Å². The van der Waals surface area contributed by atoms with Crippen LogP contribution in [-0.4, -0.2) is 48.5 Å². The Balaban J connectivity index is 1.41. The Bertz CT molecular complexity index is 1120. The van der Waals surface area contributed by atoms with Gasteiger partial charge >= 0.3 is 0 Å². The number of ether oxygens (including phenoxy) is 4. The highest BCUT2D eigenvalue weighted by Gasteiger charge is 2.58. The van der Waals surface area contributed by atoms with Crippen LogP contribution in [0.4, 0.5) is 0 Å². The Morgan fingerprint density at radius 3 is 2.72 bits per heavy atom. The van der Waals surface area contributed by atoms with Crippen molar-refractivity contribution in [2.45, 2.75) is 36.6 Å². The molecule has 2 amide bonds. The molecule has 1 N–H and O–H groups in total. The Labute approximate surface area is 190 Å². The minimum atomic E-state index is -0.637. The number of rotatable bonds is 5. The lowest BCUT2D eigenvalue weighted by atomic mass is 10.0. The summed E-state index contributed by atoms with van der Waals surface area (Å²) in [6.07, 6.45) is 0. The Morgan fingerprint density at radius 1 is 1.19 bits per heavy atom. The van der Waals surface area contributed by atoms with E-state index >= 15 is 0 Å². The van der Waals surface area contributed by atoms with Gasteiger partial charge in [0.05, 0.1) is 19.8 Å². The van der Waals surface area contributed by atoms with Crippen LogP contribution in [0.3, 0.4) is 0 Å². The van der Waals surface area contributed by atoms with E-state index in [9.17, 15) is 9.59 Å². The molecule has 2 unspecified atom stereocenters. The van der Waals surface area contributed by atoms with E-state index in [-0.39, 0.29) is 24.0 Å². The van der Waals surface area contributed by atoms with Gasteiger partial charge in [0.2, 0.25) is 12.7 Å². The quantitative estimate of drug-likeness (QED) is 0.740. The minimum Gasteiger partial charge on any atom is -0.493 e. The first-order chi connectivity index (χ1) is 15.4. The molecule has 2 aromatic carbocycles. The molecule has 3 heterocycles. The summed E-state index contributed by atoms with van der Waals surface area (Å²) < 4.78 is 21.1. The largest absolute Gasteiger partial charge is 0.493 e. The fourth-order valence-corrected chi connectivity index (χ4v) is 6.17. The molecule has 8 nitrogen and oxygen atoms in total. The minimum absolute atomic E-state index is 0.199. The molecule has 3 aliphatic heterocycles. The van der Waals surface area contributed by atoms with Gasteiger partial charge in [-0.25, -0.2) is 0 Å². The number of thioether (sulfide) groups is 1. The highest BCUT2D eigenvalue weighted by atomic mass is 32.2. The highest BCUT2D eigenvalue weighted by molar-refractivity contribution is 8.01. The van der Waals surface area contributed by atoms with Gasteiger partial charge in [-0.3, -0.25) is 9.59 Å². The van der Waals surface area contributed by atoms with Crippen molar-refractivity contribution < 1.29 is 28.5 Å². The van der Waals surface area contributed by atoms with E-state index in [2.05, 4.69) is 5.32 Å². The fourth-order valence-electron chi connectivity index (χ4n) is 4.59. The van der Waals surface area contributed by atoms with Crippen LogP contribution in [-0.2, 0) is 11.3 Å². The van der Waals surface area contributed by atoms with Gasteiger partial charge in [0.25, 0.3) is 5.91 Å². The molecule has 5 rings (SSSR count). The van der Waals surface area contributed by atoms with Gasteiger partial charge in [0.15, 0.2) is 23.0 Å². The molecule has 0 bridgehead atoms. The van der Waals surface area contributed by atoms with Crippen LogP contribution in [0.25, 0.3) is 0 Å². The van der Waals surface area contributed by atoms with Crippen molar-refractivity contribution in [3.8, 4) is 23.0 Å². The molecule has 0 spiro atoms. The molecule has 168 valence electrons.